The molecule has 12 nitrogen and oxygen atoms in total. The lowest BCUT2D eigenvalue weighted by Gasteiger charge is -2.20. The summed E-state index contributed by atoms with van der Waals surface area (Å²) in [6.45, 7) is 15.1. The minimum Gasteiger partial charge on any atom is -0.354 e. The van der Waals surface area contributed by atoms with E-state index in [9.17, 15) is 19.2 Å². The number of carbonyl (C=O) groups excluding carboxylic acids is 4. The van der Waals surface area contributed by atoms with Gasteiger partial charge in [-0.3, -0.25) is 19.2 Å². The third-order valence-electron chi connectivity index (χ3n) is 18.8. The summed E-state index contributed by atoms with van der Waals surface area (Å²) in [4.78, 5) is 69.3. The molecule has 4 atom stereocenters. The van der Waals surface area contributed by atoms with E-state index < -0.39 is 149 Å². The van der Waals surface area contributed by atoms with Gasteiger partial charge in [0.2, 0.25) is 35.3 Å². The van der Waals surface area contributed by atoms with Crippen LogP contribution in [0.1, 0.15) is 126 Å². The van der Waals surface area contributed by atoms with Crippen molar-refractivity contribution in [2.45, 2.75) is 81.1 Å². The molecule has 0 radical (unpaired) electrons. The van der Waals surface area contributed by atoms with E-state index in [0.717, 1.165) is 0 Å². The van der Waals surface area contributed by atoms with E-state index >= 15 is 43.9 Å². The highest BCUT2D eigenvalue weighted by molar-refractivity contribution is 6.06. The van der Waals surface area contributed by atoms with Crippen LogP contribution in [0.2, 0.25) is 0 Å². The lowest BCUT2D eigenvalue weighted by molar-refractivity contribution is -0.118. The average Bonchev–Trinajstić information content (AvgIpc) is 1.46. The molecule has 4 fully saturated rings. The van der Waals surface area contributed by atoms with E-state index in [0.29, 0.717) is 25.7 Å². The van der Waals surface area contributed by atoms with Gasteiger partial charge in [-0.2, -0.15) is 0 Å². The van der Waals surface area contributed by atoms with Gasteiger partial charge < -0.3 is 41.2 Å². The molecular weight excluding hydrogens is 1180 g/mol. The van der Waals surface area contributed by atoms with Gasteiger partial charge in [-0.05, 0) is 120 Å². The van der Waals surface area contributed by atoms with Crippen LogP contribution in [0, 0.1) is 104 Å². The molecule has 5 aliphatic rings. The zero-order valence-electron chi connectivity index (χ0n) is 49.6. The molecule has 8 aromatic rings. The highest BCUT2D eigenvalue weighted by Gasteiger charge is 2.53. The molecule has 22 heteroatoms. The van der Waals surface area contributed by atoms with Crippen LogP contribution >= 0.6 is 0 Å². The molecular formula is C68H58F10N8O4. The van der Waals surface area contributed by atoms with E-state index in [1.54, 1.807) is 12.1 Å². The van der Waals surface area contributed by atoms with Crippen molar-refractivity contribution in [3.05, 3.63) is 210 Å². The van der Waals surface area contributed by atoms with Crippen LogP contribution in [-0.2, 0) is 19.2 Å². The molecule has 4 aromatic heterocycles. The fraction of sp³-hybridized carbons (Fsp3) is 0.294. The number of rotatable bonds is 12. The highest BCUT2D eigenvalue weighted by atomic mass is 19.2. The Morgan fingerprint density at radius 1 is 0.311 bits per heavy atom. The van der Waals surface area contributed by atoms with Crippen LogP contribution in [0.15, 0.2) is 84.9 Å². The summed E-state index contributed by atoms with van der Waals surface area (Å²) in [5.41, 5.74) is -6.20. The first-order chi connectivity index (χ1) is 42.4. The van der Waals surface area contributed by atoms with Crippen LogP contribution < -0.4 is 42.7 Å². The average molecular weight is 1240 g/mol. The fourth-order valence-corrected chi connectivity index (χ4v) is 12.7. The lowest BCUT2D eigenvalue weighted by Crippen LogP contribution is -2.24. The van der Waals surface area contributed by atoms with Crippen molar-refractivity contribution in [1.82, 2.24) is 19.9 Å². The minimum absolute atomic E-state index is 0.0307. The second kappa shape index (κ2) is 20.6. The first-order valence-corrected chi connectivity index (χ1v) is 29.2. The van der Waals surface area contributed by atoms with E-state index in [-0.39, 0.29) is 89.2 Å². The Labute approximate surface area is 507 Å². The number of hydrogen-bond acceptors (Lipinski definition) is 4. The maximum atomic E-state index is 16.8. The van der Waals surface area contributed by atoms with E-state index in [2.05, 4.69) is 41.2 Å². The number of H-pyrrole nitrogens is 4. The van der Waals surface area contributed by atoms with E-state index in [1.807, 2.05) is 55.4 Å². The summed E-state index contributed by atoms with van der Waals surface area (Å²) in [7, 11) is 0. The molecule has 5 heterocycles. The highest BCUT2D eigenvalue weighted by Crippen LogP contribution is 2.55. The van der Waals surface area contributed by atoms with Gasteiger partial charge in [0, 0.05) is 101 Å². The standard InChI is InChI=1S/C68H58F10N8O4/c1-65(2)23-27(65)61(87)83-31-11-9-12-32(84-62(88)28-24-66(28,3)4)43(31)45-35-15-19-39(79-35)47(49-51(69)55(73)59(77)56(74)52(49)70)41-21-17-37(81-41)46(44-33(85-63(89)29-25-67(29,5)6)13-10-14-34(44)86-64(90)30-26-68(30,7)8)38-18-22-42(82-38)48(40-20-16-36(45)80-40)50-53(71)57(75)60(78)58(76)54(50)72/h9-22,27-30,79-82H,23-26H2,1-8H3,(H,83,87)(H,84,88)(H,85,89)(H,86,90)/t27-,28+,29-,30+. The van der Waals surface area contributed by atoms with Crippen molar-refractivity contribution in [1.29, 1.82) is 0 Å². The molecule has 4 amide bonds. The number of halogens is 10. The van der Waals surface area contributed by atoms with Gasteiger partial charge in [-0.25, -0.2) is 43.9 Å². The summed E-state index contributed by atoms with van der Waals surface area (Å²) >= 11 is 0. The summed E-state index contributed by atoms with van der Waals surface area (Å²) in [5.74, 6) is -26.6. The molecule has 4 aliphatic carbocycles. The van der Waals surface area contributed by atoms with Crippen LogP contribution in [0.3, 0.4) is 0 Å². The van der Waals surface area contributed by atoms with Gasteiger partial charge >= 0.3 is 0 Å². The molecule has 0 spiro atoms. The maximum Gasteiger partial charge on any atom is 0.228 e. The smallest absolute Gasteiger partial charge is 0.228 e. The molecule has 8 N–H and O–H groups in total. The van der Waals surface area contributed by atoms with E-state index in [1.165, 1.54) is 72.8 Å². The number of hydrogen-bond donors (Lipinski definition) is 8. The zero-order chi connectivity index (χ0) is 64.3. The molecule has 0 saturated heterocycles. The van der Waals surface area contributed by atoms with Crippen molar-refractivity contribution in [3.63, 3.8) is 0 Å². The maximum absolute atomic E-state index is 16.8. The van der Waals surface area contributed by atoms with E-state index in [4.69, 9.17) is 0 Å². The SMILES string of the molecule is CC1(C)C[C@@H]1C(=O)Nc1cccc(NC(=O)[C@@H]2CC2(C)C)c1C1=c2ccc([nH]2)=C(c2c(F)c(F)c(F)c(F)c2F)c2ccc([nH]2)C(c2c(NC(=O)[C@H]3CC3(C)C)cccc2NC(=O)[C@@H]2CC2(C)C)=c2ccc([nH]2)=C(c2c(F)c(F)c(F)c(F)c2F)c2ccc1[nH]2. The van der Waals surface area contributed by atoms with Crippen molar-refractivity contribution in [2.24, 2.45) is 45.3 Å². The second-order valence-electron chi connectivity index (χ2n) is 26.9. The van der Waals surface area contributed by atoms with Crippen molar-refractivity contribution < 1.29 is 63.1 Å². The fourth-order valence-electron chi connectivity index (χ4n) is 12.7. The summed E-state index contributed by atoms with van der Waals surface area (Å²) in [6, 6.07) is 19.6. The first kappa shape index (κ1) is 59.6. The lowest BCUT2D eigenvalue weighted by atomic mass is 9.97. The molecule has 90 heavy (non-hydrogen) atoms. The Balaban J connectivity index is 1.17. The monoisotopic (exact) mass is 1240 g/mol. The first-order valence-electron chi connectivity index (χ1n) is 29.2. The Morgan fingerprint density at radius 2 is 0.511 bits per heavy atom. The van der Waals surface area contributed by atoms with Gasteiger partial charge in [-0.1, -0.05) is 67.5 Å². The molecule has 13 rings (SSSR count). The molecule has 0 unspecified atom stereocenters. The van der Waals surface area contributed by atoms with Crippen LogP contribution in [0.4, 0.5) is 66.7 Å². The number of fused-ring (bicyclic) bond motifs is 8. The van der Waals surface area contributed by atoms with Crippen LogP contribution in [0.25, 0.3) is 22.3 Å². The van der Waals surface area contributed by atoms with Crippen molar-refractivity contribution in [3.8, 4) is 0 Å². The normalized spacial score (nSPS) is 20.4. The third-order valence-corrected chi connectivity index (χ3v) is 18.8. The van der Waals surface area contributed by atoms with Crippen molar-refractivity contribution in [2.75, 3.05) is 21.3 Å². The molecule has 4 saturated carbocycles. The topological polar surface area (TPSA) is 180 Å². The Kier molecular flexibility index (Phi) is 13.6. The van der Waals surface area contributed by atoms with Gasteiger partial charge in [0.15, 0.2) is 46.5 Å². The predicted molar refractivity (Wildman–Crippen MR) is 316 cm³/mol. The number of carbonyl (C=O) groups is 4. The third kappa shape index (κ3) is 9.92. The number of aromatic nitrogens is 4. The number of nitrogens with one attached hydrogen (secondary N) is 8. The van der Waals surface area contributed by atoms with Gasteiger partial charge in [0.1, 0.15) is 0 Å². The number of anilines is 4. The largest absolute Gasteiger partial charge is 0.354 e. The Hall–Kier alpha value is -9.34. The number of amides is 4. The van der Waals surface area contributed by atoms with Gasteiger partial charge in [-0.15, -0.1) is 0 Å². The summed E-state index contributed by atoms with van der Waals surface area (Å²) in [5, 5.41) is 11.2. The molecule has 1 aliphatic heterocycles. The summed E-state index contributed by atoms with van der Waals surface area (Å²) in [6.07, 6.45) is 2.01. The Morgan fingerprint density at radius 3 is 0.722 bits per heavy atom. The molecule has 8 bridgehead atoms. The number of benzene rings is 4. The van der Waals surface area contributed by atoms with Crippen LogP contribution in [-0.4, -0.2) is 43.6 Å². The quantitative estimate of drug-likeness (QED) is 0.0345. The van der Waals surface area contributed by atoms with Gasteiger partial charge in [0.05, 0.1) is 33.9 Å². The zero-order valence-corrected chi connectivity index (χ0v) is 49.6. The van der Waals surface area contributed by atoms with Gasteiger partial charge in [0.25, 0.3) is 0 Å². The summed E-state index contributed by atoms with van der Waals surface area (Å²) < 4.78 is 161. The van der Waals surface area contributed by atoms with Crippen molar-refractivity contribution >= 4 is 68.7 Å². The molecule has 4 aromatic carbocycles. The number of aromatic amines is 4. The van der Waals surface area contributed by atoms with Crippen LogP contribution in [0.5, 0.6) is 0 Å². The Bertz CT molecular complexity index is 4310. The predicted octanol–water partition coefficient (Wildman–Crippen LogP) is 11.6. The minimum atomic E-state index is -2.45. The second-order valence-corrected chi connectivity index (χ2v) is 26.9. The molecule has 464 valence electrons.